The van der Waals surface area contributed by atoms with Gasteiger partial charge in [0, 0.05) is 28.9 Å². The van der Waals surface area contributed by atoms with Crippen LogP contribution in [0.1, 0.15) is 30.0 Å². The number of benzene rings is 2. The van der Waals surface area contributed by atoms with Crippen LogP contribution in [0.2, 0.25) is 5.02 Å². The number of aromatic hydroxyl groups is 1. The van der Waals surface area contributed by atoms with E-state index in [9.17, 15) is 24.9 Å². The van der Waals surface area contributed by atoms with Gasteiger partial charge in [-0.1, -0.05) is 35.9 Å². The topological polar surface area (TPSA) is 121 Å². The van der Waals surface area contributed by atoms with E-state index in [0.717, 1.165) is 0 Å². The summed E-state index contributed by atoms with van der Waals surface area (Å²) in [5.41, 5.74) is 6.53. The van der Waals surface area contributed by atoms with Gasteiger partial charge in [0.15, 0.2) is 0 Å². The van der Waals surface area contributed by atoms with E-state index in [4.69, 9.17) is 28.9 Å². The van der Waals surface area contributed by atoms with Gasteiger partial charge in [0.25, 0.3) is 0 Å². The molecule has 2 atom stereocenters. The van der Waals surface area contributed by atoms with E-state index in [1.807, 2.05) is 0 Å². The molecule has 2 aromatic rings. The minimum Gasteiger partial charge on any atom is -0.508 e. The Morgan fingerprint density at radius 3 is 2.31 bits per heavy atom. The van der Waals surface area contributed by atoms with Crippen molar-refractivity contribution in [3.8, 4) is 5.75 Å². The molecule has 0 amide bonds. The molecule has 8 heteroatoms. The smallest absolute Gasteiger partial charge is 0.332 e. The lowest BCUT2D eigenvalue weighted by Gasteiger charge is -2.41. The molecule has 6 nitrogen and oxygen atoms in total. The summed E-state index contributed by atoms with van der Waals surface area (Å²) >= 11 is 12.2. The van der Waals surface area contributed by atoms with Crippen molar-refractivity contribution >= 4 is 40.7 Å². The molecule has 1 aliphatic rings. The number of carbonyl (C=O) groups is 2. The van der Waals surface area contributed by atoms with Crippen LogP contribution in [-0.4, -0.2) is 33.1 Å². The summed E-state index contributed by atoms with van der Waals surface area (Å²) in [5, 5.41) is 30.8. The number of hydrogen-bond donors (Lipinski definition) is 4. The zero-order valence-electron chi connectivity index (χ0n) is 17.3. The molecule has 0 fully saturated rings. The van der Waals surface area contributed by atoms with Crippen molar-refractivity contribution in [1.82, 2.24) is 0 Å². The van der Waals surface area contributed by atoms with Crippen LogP contribution >= 0.6 is 23.2 Å². The second-order valence-electron chi connectivity index (χ2n) is 7.66. The van der Waals surface area contributed by atoms with Crippen LogP contribution in [0.4, 0.5) is 0 Å². The molecule has 0 bridgehead atoms. The van der Waals surface area contributed by atoms with Crippen molar-refractivity contribution in [3.05, 3.63) is 81.4 Å². The fourth-order valence-corrected chi connectivity index (χ4v) is 4.94. The molecule has 0 saturated heterocycles. The van der Waals surface area contributed by atoms with Crippen LogP contribution in [0.3, 0.4) is 0 Å². The Bertz CT molecular complexity index is 1120. The summed E-state index contributed by atoms with van der Waals surface area (Å²) < 4.78 is 0. The van der Waals surface area contributed by atoms with Crippen LogP contribution < -0.4 is 5.73 Å². The van der Waals surface area contributed by atoms with Crippen LogP contribution in [0, 0.1) is 5.92 Å². The molecule has 0 heterocycles. The largest absolute Gasteiger partial charge is 0.508 e. The number of phenols is 1. The van der Waals surface area contributed by atoms with Gasteiger partial charge in [0.05, 0.1) is 0 Å². The minimum atomic E-state index is -1.74. The van der Waals surface area contributed by atoms with Gasteiger partial charge in [0.2, 0.25) is 0 Å². The number of nitrogens with two attached hydrogens (primary N) is 1. The number of halogens is 2. The summed E-state index contributed by atoms with van der Waals surface area (Å²) in [4.78, 5) is 25.4. The number of carboxylic acid groups (broad SMARTS) is 2. The lowest BCUT2D eigenvalue weighted by molar-refractivity contribution is -0.144. The summed E-state index contributed by atoms with van der Waals surface area (Å²) in [6.45, 7) is 1.67. The van der Waals surface area contributed by atoms with E-state index in [1.54, 1.807) is 43.3 Å². The highest BCUT2D eigenvalue weighted by Crippen LogP contribution is 2.50. The van der Waals surface area contributed by atoms with E-state index in [2.05, 4.69) is 0 Å². The maximum absolute atomic E-state index is 13.0. The third-order valence-electron chi connectivity index (χ3n) is 5.97. The average molecular weight is 476 g/mol. The highest BCUT2D eigenvalue weighted by molar-refractivity contribution is 6.30. The molecular weight excluding hydrogens is 453 g/mol. The van der Waals surface area contributed by atoms with Crippen molar-refractivity contribution in [2.75, 3.05) is 5.88 Å². The molecular formula is C24H23Cl2NO5. The molecule has 0 radical (unpaired) electrons. The monoisotopic (exact) mass is 475 g/mol. The maximum Gasteiger partial charge on any atom is 0.332 e. The molecule has 2 aromatic carbocycles. The van der Waals surface area contributed by atoms with E-state index in [-0.39, 0.29) is 30.2 Å². The first kappa shape index (κ1) is 23.9. The highest BCUT2D eigenvalue weighted by atomic mass is 35.5. The van der Waals surface area contributed by atoms with Crippen molar-refractivity contribution in [3.63, 3.8) is 0 Å². The Hall–Kier alpha value is -2.80. The number of phenolic OH excluding ortho intramolecular Hbond substituents is 1. The lowest BCUT2D eigenvalue weighted by atomic mass is 9.60. The Morgan fingerprint density at radius 2 is 1.78 bits per heavy atom. The molecule has 0 saturated carbocycles. The van der Waals surface area contributed by atoms with Gasteiger partial charge in [0.1, 0.15) is 11.2 Å². The summed E-state index contributed by atoms with van der Waals surface area (Å²) in [5.74, 6) is -3.26. The number of alkyl halides is 1. The van der Waals surface area contributed by atoms with Gasteiger partial charge in [-0.2, -0.15) is 0 Å². The molecule has 0 spiro atoms. The molecule has 5 N–H and O–H groups in total. The normalized spacial score (nSPS) is 20.8. The predicted octanol–water partition coefficient (Wildman–Crippen LogP) is 4.57. The van der Waals surface area contributed by atoms with E-state index >= 15 is 0 Å². The van der Waals surface area contributed by atoms with E-state index in [1.165, 1.54) is 12.1 Å². The number of carboxylic acids is 2. The molecule has 0 aliphatic heterocycles. The van der Waals surface area contributed by atoms with Gasteiger partial charge in [-0.05, 0) is 65.4 Å². The fraction of sp³-hybridized carbons (Fsp3) is 0.250. The second kappa shape index (κ2) is 9.36. The molecule has 3 rings (SSSR count). The Labute approximate surface area is 195 Å². The molecule has 168 valence electrons. The molecule has 1 aliphatic carbocycles. The number of rotatable bonds is 7. The second-order valence-corrected chi connectivity index (χ2v) is 8.47. The first-order valence-corrected chi connectivity index (χ1v) is 10.8. The Kier molecular flexibility index (Phi) is 6.98. The summed E-state index contributed by atoms with van der Waals surface area (Å²) in [6.07, 6.45) is 1.71. The third-order valence-corrected chi connectivity index (χ3v) is 6.42. The highest BCUT2D eigenvalue weighted by Gasteiger charge is 2.52. The predicted molar refractivity (Wildman–Crippen MR) is 124 cm³/mol. The number of aliphatic carboxylic acids is 2. The first-order valence-electron chi connectivity index (χ1n) is 9.92. The maximum atomic E-state index is 13.0. The van der Waals surface area contributed by atoms with Crippen LogP contribution in [0.15, 0.2) is 59.7 Å². The van der Waals surface area contributed by atoms with Gasteiger partial charge in [-0.15, -0.1) is 11.6 Å². The van der Waals surface area contributed by atoms with Crippen molar-refractivity contribution in [1.29, 1.82) is 0 Å². The zero-order valence-corrected chi connectivity index (χ0v) is 18.8. The summed E-state index contributed by atoms with van der Waals surface area (Å²) in [7, 11) is 0. The zero-order chi connectivity index (χ0) is 23.6. The van der Waals surface area contributed by atoms with Gasteiger partial charge >= 0.3 is 11.9 Å². The van der Waals surface area contributed by atoms with E-state index in [0.29, 0.717) is 32.9 Å². The average Bonchev–Trinajstić information content (AvgIpc) is 2.75. The van der Waals surface area contributed by atoms with Crippen LogP contribution in [0.25, 0.3) is 5.57 Å². The van der Waals surface area contributed by atoms with Gasteiger partial charge in [-0.3, -0.25) is 4.79 Å². The lowest BCUT2D eigenvalue weighted by Crippen LogP contribution is -2.47. The van der Waals surface area contributed by atoms with Gasteiger partial charge < -0.3 is 21.1 Å². The molecule has 2 unspecified atom stereocenters. The van der Waals surface area contributed by atoms with Crippen molar-refractivity contribution < 1.29 is 24.9 Å². The molecule has 32 heavy (non-hydrogen) atoms. The standard InChI is InChI=1S/C24H23Cl2NO5/c1-13-18(14-2-5-17(28)6-3-14)11-24(23(31)32,20(8-9-25)21(13)22(29)30)19-7-4-16(26)10-15(19)12-27/h2-7,10-11,20,28H,8-9,12,27H2,1H3,(H,29,30)(H,31,32). The SMILES string of the molecule is CC1=C(C(=O)O)C(CCCl)C(C(=O)O)(c2ccc(Cl)cc2CN)C=C1c1ccc(O)cc1. The first-order chi connectivity index (χ1) is 15.2. The third kappa shape index (κ3) is 4.01. The Balaban J connectivity index is 2.45. The van der Waals surface area contributed by atoms with Crippen LogP contribution in [0.5, 0.6) is 5.75 Å². The van der Waals surface area contributed by atoms with Crippen molar-refractivity contribution in [2.24, 2.45) is 11.7 Å². The van der Waals surface area contributed by atoms with E-state index < -0.39 is 23.3 Å². The fourth-order valence-electron chi connectivity index (χ4n) is 4.53. The van der Waals surface area contributed by atoms with Crippen molar-refractivity contribution in [2.45, 2.75) is 25.3 Å². The minimum absolute atomic E-state index is 0.0171. The van der Waals surface area contributed by atoms with Gasteiger partial charge in [-0.25, -0.2) is 4.79 Å². The van der Waals surface area contributed by atoms with Crippen LogP contribution in [-0.2, 0) is 21.5 Å². The number of allylic oxidation sites excluding steroid dienone is 2. The summed E-state index contributed by atoms with van der Waals surface area (Å²) in [6, 6.07) is 10.9. The molecule has 0 aromatic heterocycles. The number of hydrogen-bond acceptors (Lipinski definition) is 4. The quantitative estimate of drug-likeness (QED) is 0.435. The Morgan fingerprint density at radius 1 is 1.12 bits per heavy atom.